The molecular formula is C26H39N3O4. The van der Waals surface area contributed by atoms with Gasteiger partial charge in [-0.3, -0.25) is 14.5 Å². The molecule has 1 rings (SSSR count). The van der Waals surface area contributed by atoms with E-state index in [1.165, 1.54) is 0 Å². The zero-order valence-corrected chi connectivity index (χ0v) is 21.4. The zero-order valence-electron chi connectivity index (χ0n) is 21.4. The molecule has 0 aliphatic heterocycles. The van der Waals surface area contributed by atoms with Crippen molar-refractivity contribution in [2.75, 3.05) is 0 Å². The molecule has 0 radical (unpaired) electrons. The third-order valence-electron chi connectivity index (χ3n) is 4.69. The quantitative estimate of drug-likeness (QED) is 0.475. The fourth-order valence-electron chi connectivity index (χ4n) is 3.15. The van der Waals surface area contributed by atoms with Crippen molar-refractivity contribution >= 4 is 17.9 Å². The van der Waals surface area contributed by atoms with Gasteiger partial charge < -0.3 is 15.4 Å². The monoisotopic (exact) mass is 457 g/mol. The number of aryl methyl sites for hydroxylation is 1. The Morgan fingerprint density at radius 1 is 1.06 bits per heavy atom. The summed E-state index contributed by atoms with van der Waals surface area (Å²) < 4.78 is 5.31. The van der Waals surface area contributed by atoms with Crippen LogP contribution < -0.4 is 10.6 Å². The molecule has 0 saturated carbocycles. The minimum absolute atomic E-state index is 0.297. The van der Waals surface area contributed by atoms with Gasteiger partial charge >= 0.3 is 6.09 Å². The summed E-state index contributed by atoms with van der Waals surface area (Å²) in [5.41, 5.74) is 0.421. The largest absolute Gasteiger partial charge is 0.444 e. The number of carbonyl (C=O) groups excluding carboxylic acids is 3. The Labute approximate surface area is 198 Å². The van der Waals surface area contributed by atoms with Crippen LogP contribution in [0.3, 0.4) is 0 Å². The molecule has 7 heteroatoms. The number of hydrogen-bond acceptors (Lipinski definition) is 4. The highest BCUT2D eigenvalue weighted by Gasteiger charge is 2.38. The predicted octanol–water partition coefficient (Wildman–Crippen LogP) is 4.17. The third-order valence-corrected chi connectivity index (χ3v) is 4.69. The Kier molecular flexibility index (Phi) is 9.53. The molecule has 7 nitrogen and oxygen atoms in total. The molecule has 0 bridgehead atoms. The Hall–Kier alpha value is -3.01. The summed E-state index contributed by atoms with van der Waals surface area (Å²) in [7, 11) is 0. The van der Waals surface area contributed by atoms with Crippen LogP contribution in [-0.4, -0.2) is 40.0 Å². The van der Waals surface area contributed by atoms with Crippen molar-refractivity contribution in [1.82, 2.24) is 15.5 Å². The Morgan fingerprint density at radius 2 is 1.61 bits per heavy atom. The van der Waals surface area contributed by atoms with Gasteiger partial charge in [-0.1, -0.05) is 51.5 Å². The van der Waals surface area contributed by atoms with Crippen molar-refractivity contribution in [3.8, 4) is 12.5 Å². The predicted molar refractivity (Wildman–Crippen MR) is 130 cm³/mol. The van der Waals surface area contributed by atoms with Crippen LogP contribution in [0.5, 0.6) is 0 Å². The Bertz CT molecular complexity index is 871. The van der Waals surface area contributed by atoms with Crippen molar-refractivity contribution in [2.45, 2.75) is 92.0 Å². The molecule has 0 aliphatic rings. The molecule has 0 fully saturated rings. The van der Waals surface area contributed by atoms with Crippen LogP contribution in [0, 0.1) is 18.4 Å². The van der Waals surface area contributed by atoms with Crippen LogP contribution in [0.25, 0.3) is 0 Å². The average Bonchev–Trinajstić information content (AvgIpc) is 2.66. The van der Waals surface area contributed by atoms with E-state index in [0.29, 0.717) is 5.56 Å². The van der Waals surface area contributed by atoms with Crippen molar-refractivity contribution in [3.63, 3.8) is 0 Å². The normalized spacial score (nSPS) is 13.5. The molecule has 0 saturated heterocycles. The van der Waals surface area contributed by atoms with E-state index in [0.717, 1.165) is 16.9 Å². The van der Waals surface area contributed by atoms with Gasteiger partial charge in [0.25, 0.3) is 5.91 Å². The molecule has 33 heavy (non-hydrogen) atoms. The Balaban J connectivity index is 3.39. The minimum atomic E-state index is -1.06. The van der Waals surface area contributed by atoms with Gasteiger partial charge in [0.2, 0.25) is 5.91 Å². The number of ether oxygens (including phenoxy) is 1. The number of benzene rings is 1. The van der Waals surface area contributed by atoms with Gasteiger partial charge in [0, 0.05) is 11.6 Å². The van der Waals surface area contributed by atoms with Crippen LogP contribution in [0.1, 0.15) is 79.5 Å². The molecule has 1 aromatic rings. The summed E-state index contributed by atoms with van der Waals surface area (Å²) in [6, 6.07) is 7.76. The molecule has 0 aromatic heterocycles. The molecule has 1 aromatic carbocycles. The van der Waals surface area contributed by atoms with E-state index in [-0.39, 0.29) is 5.92 Å². The first-order chi connectivity index (χ1) is 15.1. The molecule has 0 spiro atoms. The highest BCUT2D eigenvalue weighted by molar-refractivity contribution is 5.93. The third kappa shape index (κ3) is 8.80. The number of nitrogens with one attached hydrogen (secondary N) is 2. The van der Waals surface area contributed by atoms with Gasteiger partial charge in [0.1, 0.15) is 17.7 Å². The molecule has 182 valence electrons. The van der Waals surface area contributed by atoms with E-state index in [1.807, 2.05) is 39.8 Å². The van der Waals surface area contributed by atoms with E-state index in [9.17, 15) is 14.4 Å². The van der Waals surface area contributed by atoms with Gasteiger partial charge in [0.15, 0.2) is 0 Å². The van der Waals surface area contributed by atoms with Crippen LogP contribution in [0.15, 0.2) is 24.3 Å². The summed E-state index contributed by atoms with van der Waals surface area (Å²) >= 11 is 0. The number of hydrogen-bond donors (Lipinski definition) is 2. The lowest BCUT2D eigenvalue weighted by molar-refractivity contribution is -0.140. The second-order valence-corrected chi connectivity index (χ2v) is 10.4. The second kappa shape index (κ2) is 11.2. The molecule has 2 N–H and O–H groups in total. The SMILES string of the molecule is C#CN(C(=O)C(NC(=O)OC(C)(C)C)C(C)C)C(C(=O)NC(C)(C)C)c1ccc(CC)cc1. The van der Waals surface area contributed by atoms with E-state index >= 15 is 0 Å². The van der Waals surface area contributed by atoms with Crippen molar-refractivity contribution < 1.29 is 19.1 Å². The van der Waals surface area contributed by atoms with Crippen LogP contribution in [-0.2, 0) is 20.7 Å². The van der Waals surface area contributed by atoms with Crippen LogP contribution in [0.2, 0.25) is 0 Å². The van der Waals surface area contributed by atoms with Gasteiger partial charge in [-0.15, -0.1) is 0 Å². The maximum atomic E-state index is 13.6. The first-order valence-corrected chi connectivity index (χ1v) is 11.3. The smallest absolute Gasteiger partial charge is 0.408 e. The highest BCUT2D eigenvalue weighted by atomic mass is 16.6. The first-order valence-electron chi connectivity index (χ1n) is 11.3. The van der Waals surface area contributed by atoms with Gasteiger partial charge in [-0.05, 0) is 65.0 Å². The van der Waals surface area contributed by atoms with Gasteiger partial charge in [-0.25, -0.2) is 4.79 Å². The lowest BCUT2D eigenvalue weighted by Gasteiger charge is -2.33. The number of terminal acetylenes is 1. The van der Waals surface area contributed by atoms with E-state index in [2.05, 4.69) is 16.7 Å². The fourth-order valence-corrected chi connectivity index (χ4v) is 3.15. The van der Waals surface area contributed by atoms with Gasteiger partial charge in [0.05, 0.1) is 0 Å². The van der Waals surface area contributed by atoms with Crippen LogP contribution in [0.4, 0.5) is 4.79 Å². The number of carbonyl (C=O) groups is 3. The molecular weight excluding hydrogens is 418 g/mol. The summed E-state index contributed by atoms with van der Waals surface area (Å²) in [6.07, 6.45) is 5.88. The molecule has 2 atom stereocenters. The second-order valence-electron chi connectivity index (χ2n) is 10.4. The number of alkyl carbamates (subject to hydrolysis) is 1. The maximum absolute atomic E-state index is 13.6. The minimum Gasteiger partial charge on any atom is -0.444 e. The number of nitrogens with zero attached hydrogens (tertiary/aromatic N) is 1. The van der Waals surface area contributed by atoms with E-state index in [1.54, 1.807) is 46.8 Å². The summed E-state index contributed by atoms with van der Waals surface area (Å²) in [5, 5.41) is 5.54. The van der Waals surface area contributed by atoms with E-state index < -0.39 is 41.1 Å². The number of rotatable bonds is 7. The van der Waals surface area contributed by atoms with Crippen molar-refractivity contribution in [1.29, 1.82) is 0 Å². The van der Waals surface area contributed by atoms with Crippen molar-refractivity contribution in [3.05, 3.63) is 35.4 Å². The Morgan fingerprint density at radius 3 is 2.00 bits per heavy atom. The molecule has 2 unspecified atom stereocenters. The summed E-state index contributed by atoms with van der Waals surface area (Å²) in [4.78, 5) is 40.3. The van der Waals surface area contributed by atoms with Gasteiger partial charge in [-0.2, -0.15) is 0 Å². The average molecular weight is 458 g/mol. The first kappa shape index (κ1) is 28.0. The summed E-state index contributed by atoms with van der Waals surface area (Å²) in [5.74, 6) is -1.26. The zero-order chi connectivity index (χ0) is 25.6. The summed E-state index contributed by atoms with van der Waals surface area (Å²) in [6.45, 7) is 16.4. The molecule has 0 heterocycles. The lowest BCUT2D eigenvalue weighted by atomic mass is 9.97. The fraction of sp³-hybridized carbons (Fsp3) is 0.577. The molecule has 0 aliphatic carbocycles. The lowest BCUT2D eigenvalue weighted by Crippen LogP contribution is -2.54. The maximum Gasteiger partial charge on any atom is 0.408 e. The van der Waals surface area contributed by atoms with E-state index in [4.69, 9.17) is 11.2 Å². The number of amides is 3. The van der Waals surface area contributed by atoms with Crippen LogP contribution >= 0.6 is 0 Å². The van der Waals surface area contributed by atoms with Crippen molar-refractivity contribution in [2.24, 2.45) is 5.92 Å². The molecule has 3 amide bonds. The highest BCUT2D eigenvalue weighted by Crippen LogP contribution is 2.25. The topological polar surface area (TPSA) is 87.7 Å². The standard InChI is InChI=1S/C26H39N3O4/c1-11-18-13-15-19(16-14-18)21(22(30)28-25(5,6)7)29(12-2)23(31)20(17(3)4)27-24(32)33-26(8,9)10/h2,13-17,20-21H,11H2,1,3-10H3,(H,27,32)(H,28,30).